The zero-order valence-corrected chi connectivity index (χ0v) is 18.3. The number of aromatic nitrogens is 1. The summed E-state index contributed by atoms with van der Waals surface area (Å²) in [5, 5.41) is 6.17. The van der Waals surface area contributed by atoms with Gasteiger partial charge in [-0.15, -0.1) is 22.7 Å². The number of carbonyl (C=O) groups is 2. The van der Waals surface area contributed by atoms with Gasteiger partial charge in [0, 0.05) is 30.0 Å². The molecule has 2 aromatic heterocycles. The van der Waals surface area contributed by atoms with E-state index in [-0.39, 0.29) is 22.8 Å². The lowest BCUT2D eigenvalue weighted by Crippen LogP contribution is -2.38. The van der Waals surface area contributed by atoms with E-state index in [9.17, 15) is 18.0 Å². The van der Waals surface area contributed by atoms with Crippen LogP contribution in [0.5, 0.6) is 0 Å². The predicted molar refractivity (Wildman–Crippen MR) is 111 cm³/mol. The van der Waals surface area contributed by atoms with E-state index in [2.05, 4.69) is 10.3 Å². The molecule has 0 aliphatic carbocycles. The maximum absolute atomic E-state index is 12.9. The first-order chi connectivity index (χ1) is 13.4. The first kappa shape index (κ1) is 21.2. The molecule has 2 aromatic rings. The molecule has 12 heteroatoms. The van der Waals surface area contributed by atoms with Gasteiger partial charge in [0.05, 0.1) is 18.7 Å². The summed E-state index contributed by atoms with van der Waals surface area (Å²) in [5.74, 6) is 0.564. The van der Waals surface area contributed by atoms with Crippen LogP contribution in [-0.2, 0) is 26.0 Å². The number of nitrogens with one attached hydrogen (secondary N) is 1. The zero-order chi connectivity index (χ0) is 20.1. The van der Waals surface area contributed by atoms with Crippen LogP contribution in [0.4, 0.5) is 5.13 Å². The van der Waals surface area contributed by atoms with E-state index in [0.29, 0.717) is 23.9 Å². The highest BCUT2D eigenvalue weighted by Crippen LogP contribution is 2.28. The summed E-state index contributed by atoms with van der Waals surface area (Å²) < 4.78 is 32.1. The van der Waals surface area contributed by atoms with Crippen molar-refractivity contribution >= 4 is 61.5 Å². The van der Waals surface area contributed by atoms with Gasteiger partial charge in [-0.3, -0.25) is 14.9 Å². The third-order valence-corrected chi connectivity index (χ3v) is 8.56. The number of hydrogen-bond donors (Lipinski definition) is 1. The molecular weight excluding hydrogens is 442 g/mol. The van der Waals surface area contributed by atoms with Gasteiger partial charge < -0.3 is 4.74 Å². The second-order valence-electron chi connectivity index (χ2n) is 5.71. The number of esters is 1. The van der Waals surface area contributed by atoms with Crippen LogP contribution in [0.1, 0.15) is 22.3 Å². The fraction of sp³-hybridized carbons (Fsp3) is 0.438. The number of hydrogen-bond acceptors (Lipinski definition) is 9. The van der Waals surface area contributed by atoms with Gasteiger partial charge in [0.2, 0.25) is 10.0 Å². The molecule has 0 atom stereocenters. The molecule has 0 bridgehead atoms. The molecule has 1 N–H and O–H groups in total. The molecule has 1 amide bonds. The summed E-state index contributed by atoms with van der Waals surface area (Å²) in [4.78, 5) is 28.5. The summed E-state index contributed by atoms with van der Waals surface area (Å²) in [5.41, 5.74) is 0.489. The molecule has 0 saturated carbocycles. The topological polar surface area (TPSA) is 106 Å². The van der Waals surface area contributed by atoms with Crippen LogP contribution >= 0.6 is 34.4 Å². The summed E-state index contributed by atoms with van der Waals surface area (Å²) in [7, 11) is -3.71. The van der Waals surface area contributed by atoms with E-state index in [0.717, 1.165) is 22.8 Å². The lowest BCUT2D eigenvalue weighted by molar-refractivity contribution is -0.142. The van der Waals surface area contributed by atoms with E-state index in [1.54, 1.807) is 29.4 Å². The minimum atomic E-state index is -3.71. The lowest BCUT2D eigenvalue weighted by Gasteiger charge is -2.25. The summed E-state index contributed by atoms with van der Waals surface area (Å²) >= 11 is 3.95. The van der Waals surface area contributed by atoms with Crippen molar-refractivity contribution < 1.29 is 22.7 Å². The maximum Gasteiger partial charge on any atom is 0.311 e. The van der Waals surface area contributed by atoms with Crippen molar-refractivity contribution in [3.05, 3.63) is 27.4 Å². The van der Waals surface area contributed by atoms with Gasteiger partial charge in [0.1, 0.15) is 9.77 Å². The van der Waals surface area contributed by atoms with Crippen LogP contribution in [0.25, 0.3) is 0 Å². The van der Waals surface area contributed by atoms with Crippen LogP contribution in [0.15, 0.2) is 21.7 Å². The average molecular weight is 462 g/mol. The average Bonchev–Trinajstić information content (AvgIpc) is 3.32. The second kappa shape index (κ2) is 9.35. The van der Waals surface area contributed by atoms with Crippen LogP contribution in [0.3, 0.4) is 0 Å². The molecule has 1 saturated heterocycles. The van der Waals surface area contributed by atoms with Crippen LogP contribution in [-0.4, -0.2) is 60.8 Å². The molecule has 1 aliphatic rings. The van der Waals surface area contributed by atoms with Crippen LogP contribution < -0.4 is 5.32 Å². The van der Waals surface area contributed by atoms with Gasteiger partial charge in [-0.05, 0) is 18.4 Å². The standard InChI is InChI=1S/C16H19N3O5S4/c1-2-24-13(20)9-11-10-27-16(17-11)18-15(21)14-12(3-6-26-14)28(22,23)19-4-7-25-8-5-19/h3,6,10H,2,4-5,7-9H2,1H3,(H,17,18,21). The van der Waals surface area contributed by atoms with E-state index in [4.69, 9.17) is 4.74 Å². The molecule has 152 valence electrons. The first-order valence-corrected chi connectivity index (χ1v) is 12.8. The third kappa shape index (κ3) is 4.92. The van der Waals surface area contributed by atoms with E-state index < -0.39 is 21.9 Å². The number of carbonyl (C=O) groups excluding carboxylic acids is 2. The Morgan fingerprint density at radius 3 is 2.75 bits per heavy atom. The number of thiophene rings is 1. The third-order valence-electron chi connectivity index (χ3n) is 3.83. The highest BCUT2D eigenvalue weighted by Gasteiger charge is 2.31. The van der Waals surface area contributed by atoms with Crippen molar-refractivity contribution in [3.8, 4) is 0 Å². The minimum Gasteiger partial charge on any atom is -0.466 e. The highest BCUT2D eigenvalue weighted by atomic mass is 32.2. The van der Waals surface area contributed by atoms with Gasteiger partial charge in [-0.2, -0.15) is 16.1 Å². The van der Waals surface area contributed by atoms with Crippen molar-refractivity contribution in [2.24, 2.45) is 0 Å². The second-order valence-corrected chi connectivity index (χ2v) is 10.6. The van der Waals surface area contributed by atoms with E-state index in [1.165, 1.54) is 21.7 Å². The fourth-order valence-electron chi connectivity index (χ4n) is 2.55. The number of sulfonamides is 1. The van der Waals surface area contributed by atoms with Crippen molar-refractivity contribution in [1.82, 2.24) is 9.29 Å². The number of ether oxygens (including phenoxy) is 1. The predicted octanol–water partition coefficient (Wildman–Crippen LogP) is 2.30. The normalized spacial score (nSPS) is 15.3. The smallest absolute Gasteiger partial charge is 0.311 e. The van der Waals surface area contributed by atoms with Crippen LogP contribution in [0, 0.1) is 0 Å². The minimum absolute atomic E-state index is 0.0187. The molecule has 3 heterocycles. The van der Waals surface area contributed by atoms with Gasteiger partial charge in [-0.1, -0.05) is 0 Å². The number of thioether (sulfide) groups is 1. The van der Waals surface area contributed by atoms with Gasteiger partial charge in [0.25, 0.3) is 5.91 Å². The van der Waals surface area contributed by atoms with Crippen molar-refractivity contribution in [1.29, 1.82) is 0 Å². The molecular formula is C16H19N3O5S4. The Morgan fingerprint density at radius 1 is 1.29 bits per heavy atom. The van der Waals surface area contributed by atoms with E-state index >= 15 is 0 Å². The highest BCUT2D eigenvalue weighted by molar-refractivity contribution is 7.99. The Morgan fingerprint density at radius 2 is 2.04 bits per heavy atom. The SMILES string of the molecule is CCOC(=O)Cc1csc(NC(=O)c2sccc2S(=O)(=O)N2CCSCC2)n1. The van der Waals surface area contributed by atoms with Gasteiger partial charge >= 0.3 is 5.97 Å². The van der Waals surface area contributed by atoms with E-state index in [1.807, 2.05) is 0 Å². The fourth-order valence-corrected chi connectivity index (χ4v) is 7.13. The van der Waals surface area contributed by atoms with Crippen molar-refractivity contribution in [3.63, 3.8) is 0 Å². The largest absolute Gasteiger partial charge is 0.466 e. The number of anilines is 1. The Labute approximate surface area is 175 Å². The summed E-state index contributed by atoms with van der Waals surface area (Å²) in [6, 6.07) is 1.46. The Balaban J connectivity index is 1.72. The molecule has 1 fully saturated rings. The number of rotatable bonds is 7. The summed E-state index contributed by atoms with van der Waals surface area (Å²) in [6.45, 7) is 2.89. The molecule has 1 aliphatic heterocycles. The van der Waals surface area contributed by atoms with Gasteiger partial charge in [0.15, 0.2) is 5.13 Å². The van der Waals surface area contributed by atoms with Crippen LogP contribution in [0.2, 0.25) is 0 Å². The molecule has 0 unspecified atom stereocenters. The molecule has 0 spiro atoms. The molecule has 0 radical (unpaired) electrons. The molecule has 0 aromatic carbocycles. The first-order valence-electron chi connectivity index (χ1n) is 8.48. The number of thiazole rings is 1. The maximum atomic E-state index is 12.9. The Bertz CT molecular complexity index is 947. The molecule has 3 rings (SSSR count). The Hall–Kier alpha value is -1.47. The Kier molecular flexibility index (Phi) is 7.10. The lowest BCUT2D eigenvalue weighted by atomic mass is 10.3. The van der Waals surface area contributed by atoms with Gasteiger partial charge in [-0.25, -0.2) is 13.4 Å². The quantitative estimate of drug-likeness (QED) is 0.631. The zero-order valence-electron chi connectivity index (χ0n) is 15.0. The number of nitrogens with zero attached hydrogens (tertiary/aromatic N) is 2. The van der Waals surface area contributed by atoms with Crippen molar-refractivity contribution in [2.45, 2.75) is 18.2 Å². The van der Waals surface area contributed by atoms with Crippen molar-refractivity contribution in [2.75, 3.05) is 36.5 Å². The monoisotopic (exact) mass is 461 g/mol. The molecule has 8 nitrogen and oxygen atoms in total. The summed E-state index contributed by atoms with van der Waals surface area (Å²) in [6.07, 6.45) is 0.0197. The molecule has 28 heavy (non-hydrogen) atoms. The number of amides is 1.